The van der Waals surface area contributed by atoms with Gasteiger partial charge in [0.2, 0.25) is 0 Å². The van der Waals surface area contributed by atoms with E-state index in [0.29, 0.717) is 19.7 Å². The molecule has 0 saturated heterocycles. The van der Waals surface area contributed by atoms with Crippen molar-refractivity contribution in [2.24, 2.45) is 0 Å². The van der Waals surface area contributed by atoms with Crippen molar-refractivity contribution in [3.63, 3.8) is 0 Å². The number of rotatable bonds is 5. The lowest BCUT2D eigenvalue weighted by Gasteiger charge is -2.23. The second-order valence-electron chi connectivity index (χ2n) is 5.46. The molecule has 0 saturated carbocycles. The zero-order valence-corrected chi connectivity index (χ0v) is 12.4. The number of carboxylic acid groups (broad SMARTS) is 1. The molecule has 0 aliphatic carbocycles. The molecule has 22 heavy (non-hydrogen) atoms. The molecule has 1 aromatic carbocycles. The molecule has 118 valence electrons. The number of ether oxygens (including phenoxy) is 2. The van der Waals surface area contributed by atoms with Crippen LogP contribution in [0.25, 0.3) is 0 Å². The molecule has 6 nitrogen and oxygen atoms in total. The number of benzene rings is 1. The molecule has 1 aromatic rings. The van der Waals surface area contributed by atoms with E-state index in [1.54, 1.807) is 6.26 Å². The highest BCUT2D eigenvalue weighted by Gasteiger charge is 2.22. The van der Waals surface area contributed by atoms with E-state index in [0.717, 1.165) is 43.0 Å². The Bertz CT molecular complexity index is 573. The highest BCUT2D eigenvalue weighted by atomic mass is 16.5. The second kappa shape index (κ2) is 6.60. The molecule has 0 atom stereocenters. The van der Waals surface area contributed by atoms with Gasteiger partial charge in [0, 0.05) is 25.8 Å². The molecule has 2 aliphatic rings. The first-order valence-electron chi connectivity index (χ1n) is 7.47. The van der Waals surface area contributed by atoms with Gasteiger partial charge in [-0.15, -0.1) is 0 Å². The molecule has 0 spiro atoms. The fourth-order valence-electron chi connectivity index (χ4n) is 2.68. The predicted octanol–water partition coefficient (Wildman–Crippen LogP) is 2.25. The molecule has 3 rings (SSSR count). The van der Waals surface area contributed by atoms with Crippen molar-refractivity contribution in [3.8, 4) is 5.75 Å². The van der Waals surface area contributed by atoms with Crippen LogP contribution in [0.2, 0.25) is 0 Å². The van der Waals surface area contributed by atoms with Crippen LogP contribution in [0.5, 0.6) is 5.75 Å². The minimum atomic E-state index is -0.878. The first kappa shape index (κ1) is 14.6. The Morgan fingerprint density at radius 1 is 1.32 bits per heavy atom. The number of hydrogen-bond donors (Lipinski definition) is 1. The maximum absolute atomic E-state index is 11.0. The van der Waals surface area contributed by atoms with Gasteiger partial charge in [0.25, 0.3) is 0 Å². The van der Waals surface area contributed by atoms with Gasteiger partial charge >= 0.3 is 6.09 Å². The summed E-state index contributed by atoms with van der Waals surface area (Å²) in [6.45, 7) is 4.15. The Balaban J connectivity index is 1.46. The smallest absolute Gasteiger partial charge is 0.407 e. The van der Waals surface area contributed by atoms with Crippen LogP contribution in [0.4, 0.5) is 4.79 Å². The lowest BCUT2D eigenvalue weighted by atomic mass is 10.1. The summed E-state index contributed by atoms with van der Waals surface area (Å²) in [5.41, 5.74) is 2.10. The van der Waals surface area contributed by atoms with Gasteiger partial charge in [0.05, 0.1) is 19.4 Å². The highest BCUT2D eigenvalue weighted by molar-refractivity contribution is 5.66. The first-order chi connectivity index (χ1) is 10.7. The van der Waals surface area contributed by atoms with Gasteiger partial charge in [-0.05, 0) is 29.7 Å². The van der Waals surface area contributed by atoms with Crippen molar-refractivity contribution in [2.75, 3.05) is 26.3 Å². The SMILES string of the molecule is O=C(O)N1Cc2ccc(OCCCN3C=COCC3)cc2C1. The summed E-state index contributed by atoms with van der Waals surface area (Å²) in [7, 11) is 0. The molecule has 1 amide bonds. The zero-order valence-electron chi connectivity index (χ0n) is 12.4. The van der Waals surface area contributed by atoms with E-state index in [-0.39, 0.29) is 0 Å². The van der Waals surface area contributed by atoms with Gasteiger partial charge in [0.1, 0.15) is 12.4 Å². The standard InChI is InChI=1S/C16H20N2O4/c19-16(20)18-11-13-2-3-15(10-14(13)12-18)22-7-1-4-17-5-8-21-9-6-17/h2-3,5,8,10H,1,4,6-7,9,11-12H2,(H,19,20). The fraction of sp³-hybridized carbons (Fsp3) is 0.438. The predicted molar refractivity (Wildman–Crippen MR) is 80.5 cm³/mol. The molecule has 2 heterocycles. The number of amides is 1. The third-order valence-electron chi connectivity index (χ3n) is 3.89. The minimum absolute atomic E-state index is 0.445. The summed E-state index contributed by atoms with van der Waals surface area (Å²) in [5, 5.41) is 9.03. The van der Waals surface area contributed by atoms with Gasteiger partial charge in [-0.2, -0.15) is 0 Å². The molecular weight excluding hydrogens is 284 g/mol. The van der Waals surface area contributed by atoms with Gasteiger partial charge in [0.15, 0.2) is 0 Å². The van der Waals surface area contributed by atoms with Crippen LogP contribution in [0, 0.1) is 0 Å². The number of fused-ring (bicyclic) bond motifs is 1. The maximum Gasteiger partial charge on any atom is 0.407 e. The van der Waals surface area contributed by atoms with Crippen LogP contribution < -0.4 is 4.74 Å². The Labute approximate surface area is 129 Å². The van der Waals surface area contributed by atoms with Gasteiger partial charge in [-0.3, -0.25) is 4.90 Å². The summed E-state index contributed by atoms with van der Waals surface area (Å²) >= 11 is 0. The molecule has 0 bridgehead atoms. The van der Waals surface area contributed by atoms with Crippen LogP contribution in [0.1, 0.15) is 17.5 Å². The van der Waals surface area contributed by atoms with E-state index in [9.17, 15) is 4.79 Å². The minimum Gasteiger partial charge on any atom is -0.498 e. The summed E-state index contributed by atoms with van der Waals surface area (Å²) in [4.78, 5) is 14.6. The molecule has 0 unspecified atom stereocenters. The second-order valence-corrected chi connectivity index (χ2v) is 5.46. The molecule has 0 radical (unpaired) electrons. The van der Waals surface area contributed by atoms with Crippen molar-refractivity contribution in [2.45, 2.75) is 19.5 Å². The number of hydrogen-bond acceptors (Lipinski definition) is 4. The van der Waals surface area contributed by atoms with E-state index in [2.05, 4.69) is 4.90 Å². The number of nitrogens with zero attached hydrogens (tertiary/aromatic N) is 2. The van der Waals surface area contributed by atoms with Crippen LogP contribution in [-0.4, -0.2) is 47.3 Å². The monoisotopic (exact) mass is 304 g/mol. The van der Waals surface area contributed by atoms with Crippen LogP contribution in [0.3, 0.4) is 0 Å². The van der Waals surface area contributed by atoms with E-state index in [4.69, 9.17) is 14.6 Å². The Kier molecular flexibility index (Phi) is 4.37. The van der Waals surface area contributed by atoms with E-state index in [1.807, 2.05) is 24.4 Å². The van der Waals surface area contributed by atoms with E-state index < -0.39 is 6.09 Å². The lowest BCUT2D eigenvalue weighted by molar-refractivity contribution is 0.145. The van der Waals surface area contributed by atoms with Crippen LogP contribution >= 0.6 is 0 Å². The fourth-order valence-corrected chi connectivity index (χ4v) is 2.68. The van der Waals surface area contributed by atoms with Crippen molar-refractivity contribution in [1.82, 2.24) is 9.80 Å². The number of carbonyl (C=O) groups is 1. The molecule has 2 aliphatic heterocycles. The normalized spacial score (nSPS) is 16.4. The molecular formula is C16H20N2O4. The summed E-state index contributed by atoms with van der Waals surface area (Å²) in [6.07, 6.45) is 3.73. The largest absolute Gasteiger partial charge is 0.498 e. The molecule has 6 heteroatoms. The average molecular weight is 304 g/mol. The summed E-state index contributed by atoms with van der Waals surface area (Å²) in [6, 6.07) is 5.82. The highest BCUT2D eigenvalue weighted by Crippen LogP contribution is 2.26. The molecule has 0 aromatic heterocycles. The Morgan fingerprint density at radius 2 is 2.18 bits per heavy atom. The average Bonchev–Trinajstić information content (AvgIpc) is 2.96. The van der Waals surface area contributed by atoms with Crippen molar-refractivity contribution >= 4 is 6.09 Å². The maximum atomic E-state index is 11.0. The molecule has 1 N–H and O–H groups in total. The van der Waals surface area contributed by atoms with Gasteiger partial charge in [-0.25, -0.2) is 4.79 Å². The third-order valence-corrected chi connectivity index (χ3v) is 3.89. The zero-order chi connectivity index (χ0) is 15.4. The van der Waals surface area contributed by atoms with Crippen molar-refractivity contribution in [1.29, 1.82) is 0 Å². The van der Waals surface area contributed by atoms with Crippen molar-refractivity contribution < 1.29 is 19.4 Å². The van der Waals surface area contributed by atoms with Gasteiger partial charge < -0.3 is 19.5 Å². The van der Waals surface area contributed by atoms with Crippen molar-refractivity contribution in [3.05, 3.63) is 41.8 Å². The summed E-state index contributed by atoms with van der Waals surface area (Å²) < 4.78 is 10.9. The topological polar surface area (TPSA) is 62.2 Å². The van der Waals surface area contributed by atoms with E-state index >= 15 is 0 Å². The summed E-state index contributed by atoms with van der Waals surface area (Å²) in [5.74, 6) is 0.809. The van der Waals surface area contributed by atoms with Crippen LogP contribution in [-0.2, 0) is 17.8 Å². The third kappa shape index (κ3) is 3.44. The van der Waals surface area contributed by atoms with Gasteiger partial charge in [-0.1, -0.05) is 6.07 Å². The lowest BCUT2D eigenvalue weighted by Crippen LogP contribution is -2.26. The van der Waals surface area contributed by atoms with E-state index in [1.165, 1.54) is 4.90 Å². The molecule has 0 fully saturated rings. The quantitative estimate of drug-likeness (QED) is 0.845. The Hall–Kier alpha value is -2.37. The Morgan fingerprint density at radius 3 is 2.95 bits per heavy atom. The van der Waals surface area contributed by atoms with Crippen LogP contribution in [0.15, 0.2) is 30.7 Å². The first-order valence-corrected chi connectivity index (χ1v) is 7.47.